The Morgan fingerprint density at radius 2 is 1.86 bits per heavy atom. The van der Waals surface area contributed by atoms with E-state index in [1.165, 1.54) is 23.5 Å². The zero-order valence-electron chi connectivity index (χ0n) is 12.2. The van der Waals surface area contributed by atoms with E-state index in [9.17, 15) is 10.0 Å². The zero-order valence-corrected chi connectivity index (χ0v) is 12.2. The van der Waals surface area contributed by atoms with Crippen molar-refractivity contribution < 1.29 is 10.0 Å². The van der Waals surface area contributed by atoms with Crippen LogP contribution in [0.3, 0.4) is 0 Å². The van der Waals surface area contributed by atoms with Gasteiger partial charge < -0.3 is 10.1 Å². The number of hydroxylamine groups is 2. The van der Waals surface area contributed by atoms with Gasteiger partial charge in [0.2, 0.25) is 5.91 Å². The van der Waals surface area contributed by atoms with Gasteiger partial charge in [-0.25, -0.2) is 0 Å². The minimum absolute atomic E-state index is 0.111. The van der Waals surface area contributed by atoms with Crippen LogP contribution in [0.2, 0.25) is 0 Å². The molecule has 0 radical (unpaired) electrons. The van der Waals surface area contributed by atoms with Gasteiger partial charge in [0, 0.05) is 25.6 Å². The first-order valence-electron chi connectivity index (χ1n) is 7.96. The van der Waals surface area contributed by atoms with E-state index in [4.69, 9.17) is 0 Å². The van der Waals surface area contributed by atoms with Gasteiger partial charge in [0.15, 0.2) is 0 Å². The molecule has 1 aromatic carbocycles. The van der Waals surface area contributed by atoms with Gasteiger partial charge in [-0.3, -0.25) is 4.79 Å². The van der Waals surface area contributed by atoms with Crippen LogP contribution in [-0.2, 0) is 4.79 Å². The summed E-state index contributed by atoms with van der Waals surface area (Å²) < 4.78 is 0. The van der Waals surface area contributed by atoms with Gasteiger partial charge >= 0.3 is 0 Å². The quantitative estimate of drug-likeness (QED) is 0.907. The highest BCUT2D eigenvalue weighted by Crippen LogP contribution is 2.53. The van der Waals surface area contributed by atoms with E-state index in [2.05, 4.69) is 12.1 Å². The van der Waals surface area contributed by atoms with E-state index in [1.54, 1.807) is 0 Å². The van der Waals surface area contributed by atoms with Gasteiger partial charge in [-0.05, 0) is 36.7 Å². The molecule has 1 N–H and O–H groups in total. The van der Waals surface area contributed by atoms with Crippen molar-refractivity contribution in [3.8, 4) is 0 Å². The lowest BCUT2D eigenvalue weighted by atomic mass is 9.88. The van der Waals surface area contributed by atoms with Crippen molar-refractivity contribution >= 4 is 5.91 Å². The molecule has 2 saturated heterocycles. The van der Waals surface area contributed by atoms with E-state index in [1.807, 2.05) is 23.1 Å². The van der Waals surface area contributed by atoms with Crippen LogP contribution in [0.4, 0.5) is 0 Å². The third-order valence-electron chi connectivity index (χ3n) is 5.51. The number of amides is 1. The van der Waals surface area contributed by atoms with Gasteiger partial charge in [-0.2, -0.15) is 5.06 Å². The Balaban J connectivity index is 1.35. The van der Waals surface area contributed by atoms with Crippen LogP contribution < -0.4 is 0 Å². The smallest absolute Gasteiger partial charge is 0.242 e. The number of hydrogen-bond donors (Lipinski definition) is 1. The largest absolute Gasteiger partial charge is 0.340 e. The fraction of sp³-hybridized carbons (Fsp3) is 0.588. The first-order chi connectivity index (χ1) is 10.2. The number of carbonyl (C=O) groups is 1. The molecule has 112 valence electrons. The summed E-state index contributed by atoms with van der Waals surface area (Å²) in [6, 6.07) is 10.1. The second-order valence-corrected chi connectivity index (χ2v) is 7.00. The molecule has 3 aliphatic rings. The van der Waals surface area contributed by atoms with Crippen molar-refractivity contribution in [1.82, 2.24) is 9.96 Å². The number of piperidine rings is 1. The summed E-state index contributed by atoms with van der Waals surface area (Å²) in [5, 5.41) is 11.5. The van der Waals surface area contributed by atoms with E-state index in [0.717, 1.165) is 25.9 Å². The molecule has 2 aliphatic heterocycles. The molecule has 4 nitrogen and oxygen atoms in total. The Kier molecular flexibility index (Phi) is 3.05. The first kappa shape index (κ1) is 13.3. The molecule has 4 heteroatoms. The molecule has 0 aromatic heterocycles. The van der Waals surface area contributed by atoms with E-state index >= 15 is 0 Å². The summed E-state index contributed by atoms with van der Waals surface area (Å²) in [5.74, 6) is 0.570. The van der Waals surface area contributed by atoms with Crippen molar-refractivity contribution in [2.45, 2.75) is 37.6 Å². The number of nitrogens with zero attached hydrogens (tertiary/aromatic N) is 2. The Morgan fingerprint density at radius 3 is 2.48 bits per heavy atom. The topological polar surface area (TPSA) is 43.8 Å². The Labute approximate surface area is 125 Å². The number of hydrogen-bond acceptors (Lipinski definition) is 3. The Bertz CT molecular complexity index is 535. The van der Waals surface area contributed by atoms with Crippen molar-refractivity contribution in [1.29, 1.82) is 0 Å². The molecule has 1 unspecified atom stereocenters. The molecule has 2 heterocycles. The minimum Gasteiger partial charge on any atom is -0.340 e. The van der Waals surface area contributed by atoms with E-state index < -0.39 is 0 Å². The molecule has 1 aliphatic carbocycles. The molecule has 1 aromatic rings. The van der Waals surface area contributed by atoms with Gasteiger partial charge in [0.05, 0.1) is 0 Å². The standard InChI is InChI=1S/C17H22N2O2/c20-16(15-6-7-17(8-9-17)12-19(15)21)18-10-14(11-18)13-4-2-1-3-5-13/h1-5,14-15,21H,6-12H2. The summed E-state index contributed by atoms with van der Waals surface area (Å²) in [6.07, 6.45) is 4.33. The SMILES string of the molecule is O=C(C1CCC2(CC2)CN1O)N1CC(c2ccccc2)C1. The highest BCUT2D eigenvalue weighted by atomic mass is 16.5. The van der Waals surface area contributed by atoms with Crippen molar-refractivity contribution in [2.24, 2.45) is 5.41 Å². The molecule has 4 rings (SSSR count). The maximum absolute atomic E-state index is 12.5. The normalized spacial score (nSPS) is 28.4. The maximum atomic E-state index is 12.5. The number of carbonyl (C=O) groups excluding carboxylic acids is 1. The van der Waals surface area contributed by atoms with Gasteiger partial charge in [0.1, 0.15) is 6.04 Å². The second kappa shape index (κ2) is 4.82. The van der Waals surface area contributed by atoms with Crippen molar-refractivity contribution in [2.75, 3.05) is 19.6 Å². The Morgan fingerprint density at radius 1 is 1.14 bits per heavy atom. The van der Waals surface area contributed by atoms with Crippen molar-refractivity contribution in [3.05, 3.63) is 35.9 Å². The van der Waals surface area contributed by atoms with Crippen molar-refractivity contribution in [3.63, 3.8) is 0 Å². The lowest BCUT2D eigenvalue weighted by molar-refractivity contribution is -0.182. The third kappa shape index (κ3) is 2.36. The summed E-state index contributed by atoms with van der Waals surface area (Å²) in [6.45, 7) is 2.26. The van der Waals surface area contributed by atoms with Crippen LogP contribution in [0, 0.1) is 5.41 Å². The summed E-state index contributed by atoms with van der Waals surface area (Å²) in [7, 11) is 0. The summed E-state index contributed by atoms with van der Waals surface area (Å²) >= 11 is 0. The van der Waals surface area contributed by atoms with Gasteiger partial charge in [0.25, 0.3) is 0 Å². The van der Waals surface area contributed by atoms with E-state index in [0.29, 0.717) is 17.9 Å². The van der Waals surface area contributed by atoms with Gasteiger partial charge in [-0.15, -0.1) is 0 Å². The van der Waals surface area contributed by atoms with Crippen LogP contribution in [0.1, 0.15) is 37.2 Å². The predicted molar refractivity (Wildman–Crippen MR) is 78.9 cm³/mol. The molecular formula is C17H22N2O2. The van der Waals surface area contributed by atoms with Crippen LogP contribution in [0.15, 0.2) is 30.3 Å². The van der Waals surface area contributed by atoms with Gasteiger partial charge in [-0.1, -0.05) is 30.3 Å². The number of likely N-dealkylation sites (tertiary alicyclic amines) is 1. The van der Waals surface area contributed by atoms with E-state index in [-0.39, 0.29) is 11.9 Å². The van der Waals surface area contributed by atoms with Crippen LogP contribution in [-0.4, -0.2) is 46.8 Å². The minimum atomic E-state index is -0.312. The highest BCUT2D eigenvalue weighted by molar-refractivity contribution is 5.83. The average molecular weight is 286 g/mol. The molecule has 1 amide bonds. The maximum Gasteiger partial charge on any atom is 0.242 e. The molecular weight excluding hydrogens is 264 g/mol. The predicted octanol–water partition coefficient (Wildman–Crippen LogP) is 2.25. The second-order valence-electron chi connectivity index (χ2n) is 7.00. The van der Waals surface area contributed by atoms with Crippen LogP contribution in [0.25, 0.3) is 0 Å². The molecule has 1 atom stereocenters. The fourth-order valence-corrected chi connectivity index (χ4v) is 3.77. The summed E-state index contributed by atoms with van der Waals surface area (Å²) in [5.41, 5.74) is 1.65. The zero-order chi connectivity index (χ0) is 14.4. The van der Waals surface area contributed by atoms with Crippen LogP contribution in [0.5, 0.6) is 0 Å². The lowest BCUT2D eigenvalue weighted by Crippen LogP contribution is -2.57. The molecule has 0 bridgehead atoms. The molecule has 21 heavy (non-hydrogen) atoms. The third-order valence-corrected chi connectivity index (χ3v) is 5.51. The highest BCUT2D eigenvalue weighted by Gasteiger charge is 2.50. The monoisotopic (exact) mass is 286 g/mol. The molecule has 1 saturated carbocycles. The lowest BCUT2D eigenvalue weighted by Gasteiger charge is -2.44. The number of benzene rings is 1. The molecule has 1 spiro atoms. The average Bonchev–Trinajstić information content (AvgIpc) is 3.17. The summed E-state index contributed by atoms with van der Waals surface area (Å²) in [4.78, 5) is 14.4. The molecule has 3 fully saturated rings. The first-order valence-corrected chi connectivity index (χ1v) is 7.96. The Hall–Kier alpha value is -1.39. The van der Waals surface area contributed by atoms with Crippen LogP contribution >= 0.6 is 0 Å². The fourth-order valence-electron chi connectivity index (χ4n) is 3.77. The number of rotatable bonds is 2.